The van der Waals surface area contributed by atoms with Crippen LogP contribution in [-0.4, -0.2) is 41.8 Å². The Balaban J connectivity index is 1.61. The highest BCUT2D eigenvalue weighted by Crippen LogP contribution is 2.29. The zero-order valence-corrected chi connectivity index (χ0v) is 15.4. The van der Waals surface area contributed by atoms with E-state index in [2.05, 4.69) is 27.4 Å². The average Bonchev–Trinajstić information content (AvgIpc) is 2.93. The third-order valence-electron chi connectivity index (χ3n) is 4.50. The molecule has 1 atom stereocenters. The number of anilines is 1. The van der Waals surface area contributed by atoms with Gasteiger partial charge in [-0.25, -0.2) is 4.99 Å². The Labute approximate surface area is 156 Å². The maximum atomic E-state index is 12.2. The van der Waals surface area contributed by atoms with Crippen molar-refractivity contribution in [2.24, 2.45) is 10.9 Å². The summed E-state index contributed by atoms with van der Waals surface area (Å²) < 4.78 is 0. The Hall–Kier alpha value is -1.79. The van der Waals surface area contributed by atoms with Crippen molar-refractivity contribution in [2.75, 3.05) is 18.4 Å². The second kappa shape index (κ2) is 7.62. The van der Waals surface area contributed by atoms with Crippen LogP contribution in [0, 0.1) is 5.92 Å². The van der Waals surface area contributed by atoms with E-state index in [0.717, 1.165) is 25.9 Å². The maximum absolute atomic E-state index is 12.2. The van der Waals surface area contributed by atoms with Crippen LogP contribution in [0.25, 0.3) is 0 Å². The Bertz CT molecular complexity index is 715. The number of hydrogen-bond donors (Lipinski definition) is 2. The van der Waals surface area contributed by atoms with Crippen LogP contribution in [0.3, 0.4) is 0 Å². The van der Waals surface area contributed by atoms with Gasteiger partial charge in [0.05, 0.1) is 22.2 Å². The van der Waals surface area contributed by atoms with Gasteiger partial charge in [-0.05, 0) is 30.9 Å². The van der Waals surface area contributed by atoms with Crippen LogP contribution in [-0.2, 0) is 9.59 Å². The first-order chi connectivity index (χ1) is 11.9. The van der Waals surface area contributed by atoms with Crippen molar-refractivity contribution in [3.8, 4) is 0 Å². The smallest absolute Gasteiger partial charge is 0.252 e. The normalized spacial score (nSPS) is 21.1. The molecule has 6 nitrogen and oxygen atoms in total. The monoisotopic (exact) mass is 382 g/mol. The van der Waals surface area contributed by atoms with Crippen molar-refractivity contribution >= 4 is 46.7 Å². The molecular weight excluding hydrogens is 363 g/mol. The number of halogens is 2. The van der Waals surface area contributed by atoms with Gasteiger partial charge in [0.1, 0.15) is 6.04 Å². The lowest BCUT2D eigenvalue weighted by atomic mass is 10.00. The molecule has 2 aliphatic rings. The Kier molecular flexibility index (Phi) is 5.49. The molecule has 0 bridgehead atoms. The molecule has 0 aromatic heterocycles. The van der Waals surface area contributed by atoms with Crippen LogP contribution in [0.2, 0.25) is 10.0 Å². The minimum absolute atomic E-state index is 0.0393. The Morgan fingerprint density at radius 1 is 1.36 bits per heavy atom. The van der Waals surface area contributed by atoms with Gasteiger partial charge in [-0.2, -0.15) is 0 Å². The third kappa shape index (κ3) is 4.25. The van der Waals surface area contributed by atoms with Crippen LogP contribution >= 0.6 is 23.2 Å². The fourth-order valence-electron chi connectivity index (χ4n) is 2.93. The quantitative estimate of drug-likeness (QED) is 0.843. The number of aliphatic imine (C=N–C) groups is 1. The second-order valence-corrected chi connectivity index (χ2v) is 7.27. The molecule has 0 radical (unpaired) electrons. The fraction of sp³-hybridized carbons (Fsp3) is 0.471. The van der Waals surface area contributed by atoms with E-state index in [4.69, 9.17) is 23.2 Å². The number of benzene rings is 1. The van der Waals surface area contributed by atoms with Gasteiger partial charge in [0.2, 0.25) is 11.9 Å². The highest BCUT2D eigenvalue weighted by molar-refractivity contribution is 6.44. The minimum Gasteiger partial charge on any atom is -0.343 e. The lowest BCUT2D eigenvalue weighted by molar-refractivity contribution is -0.124. The van der Waals surface area contributed by atoms with Crippen molar-refractivity contribution < 1.29 is 9.59 Å². The molecule has 8 heteroatoms. The van der Waals surface area contributed by atoms with Gasteiger partial charge in [-0.15, -0.1) is 0 Å². The molecule has 1 aromatic rings. The number of amides is 2. The summed E-state index contributed by atoms with van der Waals surface area (Å²) in [6.45, 7) is 3.97. The molecule has 2 heterocycles. The number of nitrogens with zero attached hydrogens (tertiary/aromatic N) is 2. The van der Waals surface area contributed by atoms with E-state index < -0.39 is 6.04 Å². The third-order valence-corrected chi connectivity index (χ3v) is 5.32. The van der Waals surface area contributed by atoms with E-state index in [1.165, 1.54) is 0 Å². The first kappa shape index (κ1) is 18.0. The van der Waals surface area contributed by atoms with Gasteiger partial charge in [0, 0.05) is 13.1 Å². The standard InChI is InChI=1S/C17H20Cl2N4O2/c1-10-5-7-23(8-6-10)17-21-13(16(25)22-17)9-14(24)20-12-4-2-3-11(18)15(12)19/h2-4,10,13H,5-9H2,1H3,(H,20,24)(H,21,22,25)/t13-/m1/s1. The lowest BCUT2D eigenvalue weighted by Crippen LogP contribution is -2.44. The minimum atomic E-state index is -0.715. The maximum Gasteiger partial charge on any atom is 0.252 e. The first-order valence-electron chi connectivity index (χ1n) is 8.31. The molecule has 2 N–H and O–H groups in total. The summed E-state index contributed by atoms with van der Waals surface area (Å²) in [5.74, 6) is 0.691. The van der Waals surface area contributed by atoms with Crippen molar-refractivity contribution in [2.45, 2.75) is 32.2 Å². The highest BCUT2D eigenvalue weighted by Gasteiger charge is 2.32. The van der Waals surface area contributed by atoms with Crippen molar-refractivity contribution in [3.63, 3.8) is 0 Å². The first-order valence-corrected chi connectivity index (χ1v) is 9.07. The largest absolute Gasteiger partial charge is 0.343 e. The summed E-state index contributed by atoms with van der Waals surface area (Å²) in [6.07, 6.45) is 2.11. The zero-order chi connectivity index (χ0) is 18.0. The van der Waals surface area contributed by atoms with Gasteiger partial charge in [-0.3, -0.25) is 14.9 Å². The summed E-state index contributed by atoms with van der Waals surface area (Å²) in [7, 11) is 0. The zero-order valence-electron chi connectivity index (χ0n) is 13.9. The number of carbonyl (C=O) groups is 2. The summed E-state index contributed by atoms with van der Waals surface area (Å²) in [5.41, 5.74) is 0.423. The van der Waals surface area contributed by atoms with Gasteiger partial charge in [0.25, 0.3) is 5.91 Å². The Morgan fingerprint density at radius 3 is 2.80 bits per heavy atom. The number of rotatable bonds is 3. The van der Waals surface area contributed by atoms with Crippen LogP contribution in [0.4, 0.5) is 5.69 Å². The topological polar surface area (TPSA) is 73.8 Å². The summed E-state index contributed by atoms with van der Waals surface area (Å²) in [4.78, 5) is 30.8. The molecule has 0 saturated carbocycles. The van der Waals surface area contributed by atoms with E-state index in [-0.39, 0.29) is 23.3 Å². The average molecular weight is 383 g/mol. The predicted molar refractivity (Wildman–Crippen MR) is 99.0 cm³/mol. The number of nitrogens with one attached hydrogen (secondary N) is 2. The van der Waals surface area contributed by atoms with Gasteiger partial charge in [-0.1, -0.05) is 36.2 Å². The molecule has 25 heavy (non-hydrogen) atoms. The molecule has 2 amide bonds. The second-order valence-electron chi connectivity index (χ2n) is 6.48. The molecule has 0 aliphatic carbocycles. The molecular formula is C17H20Cl2N4O2. The number of guanidine groups is 1. The van der Waals surface area contributed by atoms with Crippen molar-refractivity contribution in [3.05, 3.63) is 28.2 Å². The number of likely N-dealkylation sites (tertiary alicyclic amines) is 1. The molecule has 3 rings (SSSR count). The molecule has 0 unspecified atom stereocenters. The van der Waals surface area contributed by atoms with Crippen LogP contribution in [0.15, 0.2) is 23.2 Å². The lowest BCUT2D eigenvalue weighted by Gasteiger charge is -2.31. The molecule has 0 spiro atoms. The molecule has 134 valence electrons. The van der Waals surface area contributed by atoms with Crippen LogP contribution in [0.5, 0.6) is 0 Å². The molecule has 1 saturated heterocycles. The molecule has 1 aromatic carbocycles. The summed E-state index contributed by atoms with van der Waals surface area (Å²) >= 11 is 12.0. The van der Waals surface area contributed by atoms with Crippen LogP contribution < -0.4 is 10.6 Å². The van der Waals surface area contributed by atoms with Gasteiger partial charge in [0.15, 0.2) is 0 Å². The van der Waals surface area contributed by atoms with E-state index >= 15 is 0 Å². The number of hydrogen-bond acceptors (Lipinski definition) is 4. The van der Waals surface area contributed by atoms with E-state index in [1.54, 1.807) is 18.2 Å². The van der Waals surface area contributed by atoms with Crippen molar-refractivity contribution in [1.29, 1.82) is 0 Å². The van der Waals surface area contributed by atoms with E-state index in [9.17, 15) is 9.59 Å². The predicted octanol–water partition coefficient (Wildman–Crippen LogP) is 2.91. The van der Waals surface area contributed by atoms with Crippen LogP contribution in [0.1, 0.15) is 26.2 Å². The number of piperidine rings is 1. The summed E-state index contributed by atoms with van der Waals surface area (Å²) in [6, 6.07) is 4.27. The molecule has 1 fully saturated rings. The van der Waals surface area contributed by atoms with E-state index in [0.29, 0.717) is 22.6 Å². The number of carbonyl (C=O) groups excluding carboxylic acids is 2. The molecule has 2 aliphatic heterocycles. The highest BCUT2D eigenvalue weighted by atomic mass is 35.5. The Morgan fingerprint density at radius 2 is 2.08 bits per heavy atom. The van der Waals surface area contributed by atoms with Gasteiger partial charge >= 0.3 is 0 Å². The SMILES string of the molecule is CC1CCN(C2=N[C@H](CC(=O)Nc3cccc(Cl)c3Cl)C(=O)N2)CC1. The fourth-order valence-corrected chi connectivity index (χ4v) is 3.28. The van der Waals surface area contributed by atoms with E-state index in [1.807, 2.05) is 0 Å². The van der Waals surface area contributed by atoms with Crippen molar-refractivity contribution in [1.82, 2.24) is 10.2 Å². The van der Waals surface area contributed by atoms with Gasteiger partial charge < -0.3 is 10.2 Å². The summed E-state index contributed by atoms with van der Waals surface area (Å²) in [5, 5.41) is 6.11.